The zero-order chi connectivity index (χ0) is 18.1. The predicted molar refractivity (Wildman–Crippen MR) is 98.8 cm³/mol. The summed E-state index contributed by atoms with van der Waals surface area (Å²) >= 11 is 1.52. The summed E-state index contributed by atoms with van der Waals surface area (Å²) in [6.45, 7) is 5.74. The Bertz CT molecular complexity index is 898. The van der Waals surface area contributed by atoms with Gasteiger partial charge in [0.05, 0.1) is 15.9 Å². The lowest BCUT2D eigenvalue weighted by molar-refractivity contribution is -0.119. The summed E-state index contributed by atoms with van der Waals surface area (Å²) in [5.74, 6) is 0.677. The first-order chi connectivity index (χ1) is 11.9. The number of nitrogens with zero attached hydrogens (tertiary/aromatic N) is 2. The Morgan fingerprint density at radius 2 is 2.24 bits per heavy atom. The third kappa shape index (κ3) is 3.48. The molecule has 1 amide bonds. The smallest absolute Gasteiger partial charge is 0.271 e. The fourth-order valence-electron chi connectivity index (χ4n) is 2.74. The van der Waals surface area contributed by atoms with Crippen molar-refractivity contribution in [3.63, 3.8) is 0 Å². The molecule has 0 saturated heterocycles. The second-order valence-electron chi connectivity index (χ2n) is 6.10. The van der Waals surface area contributed by atoms with Gasteiger partial charge in [-0.25, -0.2) is 4.99 Å². The minimum Gasteiger partial charge on any atom is -0.484 e. The average Bonchev–Trinajstić information content (AvgIpc) is 2.89. The van der Waals surface area contributed by atoms with Gasteiger partial charge >= 0.3 is 0 Å². The summed E-state index contributed by atoms with van der Waals surface area (Å²) in [5.41, 5.74) is 6.53. The fraction of sp³-hybridized carbons (Fsp3) is 0.353. The number of nitrogens with one attached hydrogen (secondary N) is 1. The number of primary amides is 1. The van der Waals surface area contributed by atoms with Gasteiger partial charge in [0, 0.05) is 6.04 Å². The standard InChI is InChI=1S/C17H20N4O3S/c1-9(2)21-16-14(17(23)20-21)15(25-10(3)19-16)11-5-4-6-12(7-11)24-8-13(18)22/h4-7,9,15H,8H2,1-3H3,(H2,18,22)(H,20,23)/t15-/m0/s1. The van der Waals surface area contributed by atoms with Gasteiger partial charge in [-0.15, -0.1) is 0 Å². The third-order valence-electron chi connectivity index (χ3n) is 3.81. The fourth-order valence-corrected chi connectivity index (χ4v) is 3.83. The van der Waals surface area contributed by atoms with Crippen molar-refractivity contribution in [2.24, 2.45) is 10.7 Å². The maximum Gasteiger partial charge on any atom is 0.271 e. The minimum atomic E-state index is -0.534. The summed E-state index contributed by atoms with van der Waals surface area (Å²) < 4.78 is 7.18. The monoisotopic (exact) mass is 360 g/mol. The van der Waals surface area contributed by atoms with E-state index in [1.54, 1.807) is 10.7 Å². The lowest BCUT2D eigenvalue weighted by Gasteiger charge is -2.22. The molecule has 25 heavy (non-hydrogen) atoms. The lowest BCUT2D eigenvalue weighted by atomic mass is 10.1. The van der Waals surface area contributed by atoms with E-state index in [2.05, 4.69) is 10.1 Å². The van der Waals surface area contributed by atoms with Crippen LogP contribution in [0.15, 0.2) is 34.1 Å². The number of fused-ring (bicyclic) bond motifs is 1. The number of carbonyl (C=O) groups excluding carboxylic acids is 1. The lowest BCUT2D eigenvalue weighted by Crippen LogP contribution is -2.20. The number of amides is 1. The van der Waals surface area contributed by atoms with Gasteiger partial charge < -0.3 is 10.5 Å². The number of aliphatic imine (C=N–C) groups is 1. The number of ether oxygens (including phenoxy) is 1. The maximum atomic E-state index is 12.5. The topological polar surface area (TPSA) is 102 Å². The molecule has 7 nitrogen and oxygen atoms in total. The molecular formula is C17H20N4O3S. The molecular weight excluding hydrogens is 340 g/mol. The molecule has 1 aromatic carbocycles. The molecule has 0 radical (unpaired) electrons. The van der Waals surface area contributed by atoms with E-state index in [4.69, 9.17) is 10.5 Å². The number of nitrogens with two attached hydrogens (primary N) is 1. The van der Waals surface area contributed by atoms with Crippen LogP contribution in [0.3, 0.4) is 0 Å². The summed E-state index contributed by atoms with van der Waals surface area (Å²) in [5, 5.41) is 3.57. The molecule has 0 spiro atoms. The molecule has 1 aromatic heterocycles. The Morgan fingerprint density at radius 1 is 1.48 bits per heavy atom. The highest BCUT2D eigenvalue weighted by Crippen LogP contribution is 2.44. The van der Waals surface area contributed by atoms with Crippen LogP contribution in [0.5, 0.6) is 5.75 Å². The summed E-state index contributed by atoms with van der Waals surface area (Å²) in [4.78, 5) is 28.0. The molecule has 2 heterocycles. The molecule has 0 saturated carbocycles. The molecule has 1 atom stereocenters. The van der Waals surface area contributed by atoms with Gasteiger partial charge in [-0.05, 0) is 38.5 Å². The van der Waals surface area contributed by atoms with Crippen LogP contribution in [-0.2, 0) is 4.79 Å². The van der Waals surface area contributed by atoms with Gasteiger partial charge in [0.15, 0.2) is 12.4 Å². The highest BCUT2D eigenvalue weighted by Gasteiger charge is 2.30. The molecule has 132 valence electrons. The number of carbonyl (C=O) groups is 1. The first-order valence-corrected chi connectivity index (χ1v) is 8.82. The summed E-state index contributed by atoms with van der Waals surface area (Å²) in [6.07, 6.45) is 0. The van der Waals surface area contributed by atoms with Crippen molar-refractivity contribution in [1.29, 1.82) is 0 Å². The number of benzene rings is 1. The van der Waals surface area contributed by atoms with Crippen LogP contribution < -0.4 is 16.0 Å². The highest BCUT2D eigenvalue weighted by atomic mass is 32.2. The maximum absolute atomic E-state index is 12.5. The van der Waals surface area contributed by atoms with Crippen LogP contribution in [-0.4, -0.2) is 27.3 Å². The molecule has 0 aliphatic carbocycles. The SMILES string of the molecule is CC1=Nc2c(c(=O)[nH]n2C(C)C)[C@H](c2cccc(OCC(N)=O)c2)S1. The van der Waals surface area contributed by atoms with E-state index < -0.39 is 5.91 Å². The molecule has 0 unspecified atom stereocenters. The molecule has 3 N–H and O–H groups in total. The van der Waals surface area contributed by atoms with E-state index in [0.717, 1.165) is 10.6 Å². The number of rotatable bonds is 5. The van der Waals surface area contributed by atoms with Gasteiger partial charge in [0.2, 0.25) is 0 Å². The zero-order valence-corrected chi connectivity index (χ0v) is 15.1. The molecule has 3 rings (SSSR count). The van der Waals surface area contributed by atoms with Crippen molar-refractivity contribution in [3.8, 4) is 5.75 Å². The normalized spacial score (nSPS) is 16.5. The molecule has 1 aliphatic rings. The van der Waals surface area contributed by atoms with Crippen LogP contribution in [0.1, 0.15) is 43.2 Å². The van der Waals surface area contributed by atoms with Gasteiger partial charge in [-0.2, -0.15) is 0 Å². The van der Waals surface area contributed by atoms with E-state index in [-0.39, 0.29) is 23.5 Å². The van der Waals surface area contributed by atoms with Crippen molar-refractivity contribution >= 4 is 28.5 Å². The number of aromatic amines is 1. The summed E-state index contributed by atoms with van der Waals surface area (Å²) in [6, 6.07) is 7.45. The van der Waals surface area contributed by atoms with Gasteiger partial charge in [-0.3, -0.25) is 19.4 Å². The number of thioether (sulfide) groups is 1. The Balaban J connectivity index is 2.03. The van der Waals surface area contributed by atoms with E-state index in [0.29, 0.717) is 17.1 Å². The van der Waals surface area contributed by atoms with E-state index in [1.165, 1.54) is 11.8 Å². The quantitative estimate of drug-likeness (QED) is 0.855. The molecule has 1 aliphatic heterocycles. The van der Waals surface area contributed by atoms with Crippen LogP contribution >= 0.6 is 11.8 Å². The average molecular weight is 360 g/mol. The largest absolute Gasteiger partial charge is 0.484 e. The van der Waals surface area contributed by atoms with Crippen LogP contribution in [0.4, 0.5) is 5.82 Å². The number of hydrogen-bond acceptors (Lipinski definition) is 5. The van der Waals surface area contributed by atoms with Gasteiger partial charge in [0.25, 0.3) is 11.5 Å². The zero-order valence-electron chi connectivity index (χ0n) is 14.3. The van der Waals surface area contributed by atoms with Gasteiger partial charge in [-0.1, -0.05) is 23.9 Å². The van der Waals surface area contributed by atoms with E-state index in [1.807, 2.05) is 39.0 Å². The number of H-pyrrole nitrogens is 1. The Hall–Kier alpha value is -2.48. The molecule has 8 heteroatoms. The molecule has 0 bridgehead atoms. The van der Waals surface area contributed by atoms with Crippen LogP contribution in [0.25, 0.3) is 0 Å². The number of hydrogen-bond donors (Lipinski definition) is 2. The Kier molecular flexibility index (Phi) is 4.71. The van der Waals surface area contributed by atoms with Crippen molar-refractivity contribution in [1.82, 2.24) is 9.78 Å². The van der Waals surface area contributed by atoms with Crippen molar-refractivity contribution in [3.05, 3.63) is 45.7 Å². The van der Waals surface area contributed by atoms with Crippen LogP contribution in [0, 0.1) is 0 Å². The van der Waals surface area contributed by atoms with Crippen LogP contribution in [0.2, 0.25) is 0 Å². The first kappa shape index (κ1) is 17.3. The Morgan fingerprint density at radius 3 is 2.92 bits per heavy atom. The van der Waals surface area contributed by atoms with E-state index >= 15 is 0 Å². The first-order valence-electron chi connectivity index (χ1n) is 7.94. The van der Waals surface area contributed by atoms with Crippen molar-refractivity contribution < 1.29 is 9.53 Å². The molecule has 0 fully saturated rings. The molecule has 2 aromatic rings. The van der Waals surface area contributed by atoms with Gasteiger partial charge in [0.1, 0.15) is 5.75 Å². The van der Waals surface area contributed by atoms with Crippen molar-refractivity contribution in [2.45, 2.75) is 32.1 Å². The summed E-state index contributed by atoms with van der Waals surface area (Å²) in [7, 11) is 0. The minimum absolute atomic E-state index is 0.0991. The van der Waals surface area contributed by atoms with E-state index in [9.17, 15) is 9.59 Å². The predicted octanol–water partition coefficient (Wildman–Crippen LogP) is 2.51. The third-order valence-corrected chi connectivity index (χ3v) is 4.98. The Labute approximate surface area is 149 Å². The van der Waals surface area contributed by atoms with Crippen molar-refractivity contribution in [2.75, 3.05) is 6.61 Å². The number of aromatic nitrogens is 2. The second kappa shape index (κ2) is 6.79. The highest BCUT2D eigenvalue weighted by molar-refractivity contribution is 8.14. The second-order valence-corrected chi connectivity index (χ2v) is 7.40.